The number of nitrogens with zero attached hydrogens (tertiary/aromatic N) is 2. The second-order valence-electron chi connectivity index (χ2n) is 3.67. The first-order valence-electron chi connectivity index (χ1n) is 4.98. The Bertz CT molecular complexity index is 317. The van der Waals surface area contributed by atoms with Gasteiger partial charge >= 0.3 is 0 Å². The predicted octanol–water partition coefficient (Wildman–Crippen LogP) is 1.58. The second-order valence-corrected chi connectivity index (χ2v) is 3.67. The molecular formula is C10H16N2O. The maximum atomic E-state index is 9.72. The summed E-state index contributed by atoms with van der Waals surface area (Å²) in [5, 5.41) is 14.1. The van der Waals surface area contributed by atoms with Crippen LogP contribution in [0.1, 0.15) is 42.8 Å². The van der Waals surface area contributed by atoms with Crippen molar-refractivity contribution in [3.05, 3.63) is 17.0 Å². The summed E-state index contributed by atoms with van der Waals surface area (Å²) in [4.78, 5) is 0. The molecule has 1 unspecified atom stereocenters. The molecule has 0 fully saturated rings. The zero-order valence-electron chi connectivity index (χ0n) is 8.25. The Labute approximate surface area is 78.4 Å². The first-order valence-corrected chi connectivity index (χ1v) is 4.98. The minimum Gasteiger partial charge on any atom is -0.387 e. The Balaban J connectivity index is 2.48. The summed E-state index contributed by atoms with van der Waals surface area (Å²) in [6.07, 6.45) is 2.71. The van der Waals surface area contributed by atoms with Gasteiger partial charge in [0, 0.05) is 12.2 Å². The lowest BCUT2D eigenvalue weighted by Crippen LogP contribution is -2.08. The van der Waals surface area contributed by atoms with Gasteiger partial charge in [-0.2, -0.15) is 5.10 Å². The highest BCUT2D eigenvalue weighted by Gasteiger charge is 2.23. The SMILES string of the molecule is CCn1nc2c(c1C)CCCC2O. The van der Waals surface area contributed by atoms with Crippen LogP contribution in [0.4, 0.5) is 0 Å². The average Bonchev–Trinajstić information content (AvgIpc) is 2.45. The summed E-state index contributed by atoms with van der Waals surface area (Å²) >= 11 is 0. The van der Waals surface area contributed by atoms with E-state index in [2.05, 4.69) is 18.9 Å². The molecule has 1 heterocycles. The van der Waals surface area contributed by atoms with E-state index in [1.54, 1.807) is 0 Å². The maximum absolute atomic E-state index is 9.72. The van der Waals surface area contributed by atoms with Gasteiger partial charge in [0.05, 0.1) is 11.8 Å². The van der Waals surface area contributed by atoms with Crippen molar-refractivity contribution in [3.63, 3.8) is 0 Å². The van der Waals surface area contributed by atoms with E-state index in [4.69, 9.17) is 0 Å². The van der Waals surface area contributed by atoms with Crippen LogP contribution in [-0.4, -0.2) is 14.9 Å². The fraction of sp³-hybridized carbons (Fsp3) is 0.700. The van der Waals surface area contributed by atoms with Crippen LogP contribution in [0.5, 0.6) is 0 Å². The zero-order chi connectivity index (χ0) is 9.42. The molecule has 0 saturated carbocycles. The summed E-state index contributed by atoms with van der Waals surface area (Å²) in [6.45, 7) is 5.07. The number of aromatic nitrogens is 2. The number of aryl methyl sites for hydroxylation is 1. The topological polar surface area (TPSA) is 38.0 Å². The van der Waals surface area contributed by atoms with Gasteiger partial charge in [-0.05, 0) is 38.7 Å². The molecule has 0 bridgehead atoms. The molecule has 1 atom stereocenters. The van der Waals surface area contributed by atoms with E-state index >= 15 is 0 Å². The Morgan fingerprint density at radius 1 is 1.62 bits per heavy atom. The van der Waals surface area contributed by atoms with Gasteiger partial charge in [0.2, 0.25) is 0 Å². The van der Waals surface area contributed by atoms with Crippen molar-refractivity contribution in [2.24, 2.45) is 0 Å². The van der Waals surface area contributed by atoms with Crippen LogP contribution in [0.15, 0.2) is 0 Å². The third-order valence-corrected chi connectivity index (χ3v) is 2.88. The molecule has 0 aromatic carbocycles. The molecule has 1 N–H and O–H groups in total. The van der Waals surface area contributed by atoms with E-state index in [9.17, 15) is 5.11 Å². The molecular weight excluding hydrogens is 164 g/mol. The van der Waals surface area contributed by atoms with Crippen molar-refractivity contribution >= 4 is 0 Å². The molecule has 0 spiro atoms. The fourth-order valence-electron chi connectivity index (χ4n) is 2.10. The van der Waals surface area contributed by atoms with Crippen LogP contribution in [0.25, 0.3) is 0 Å². The standard InChI is InChI=1S/C10H16N2O/c1-3-12-7(2)8-5-4-6-9(13)10(8)11-12/h9,13H,3-6H2,1-2H3. The van der Waals surface area contributed by atoms with Gasteiger partial charge in [-0.15, -0.1) is 0 Å². The number of aliphatic hydroxyl groups is 1. The number of hydrogen-bond donors (Lipinski definition) is 1. The first kappa shape index (κ1) is 8.75. The lowest BCUT2D eigenvalue weighted by Gasteiger charge is -2.15. The zero-order valence-corrected chi connectivity index (χ0v) is 8.25. The summed E-state index contributed by atoms with van der Waals surface area (Å²) in [5.74, 6) is 0. The molecule has 0 radical (unpaired) electrons. The first-order chi connectivity index (χ1) is 6.24. The molecule has 0 amide bonds. The highest BCUT2D eigenvalue weighted by Crippen LogP contribution is 2.30. The molecule has 0 aliphatic heterocycles. The van der Waals surface area contributed by atoms with Crippen molar-refractivity contribution in [3.8, 4) is 0 Å². The van der Waals surface area contributed by atoms with E-state index in [-0.39, 0.29) is 6.10 Å². The van der Waals surface area contributed by atoms with Crippen LogP contribution < -0.4 is 0 Å². The average molecular weight is 180 g/mol. The normalized spacial score (nSPS) is 21.6. The van der Waals surface area contributed by atoms with Gasteiger partial charge in [-0.25, -0.2) is 0 Å². The summed E-state index contributed by atoms with van der Waals surface area (Å²) < 4.78 is 1.99. The molecule has 2 rings (SSSR count). The molecule has 3 heteroatoms. The summed E-state index contributed by atoms with van der Waals surface area (Å²) in [5.41, 5.74) is 3.43. The van der Waals surface area contributed by atoms with Crippen molar-refractivity contribution in [1.82, 2.24) is 9.78 Å². The van der Waals surface area contributed by atoms with Gasteiger partial charge in [0.1, 0.15) is 0 Å². The molecule has 1 aliphatic carbocycles. The predicted molar refractivity (Wildman–Crippen MR) is 50.5 cm³/mol. The van der Waals surface area contributed by atoms with E-state index in [1.165, 1.54) is 11.3 Å². The number of aliphatic hydroxyl groups excluding tert-OH is 1. The third-order valence-electron chi connectivity index (χ3n) is 2.88. The minimum absolute atomic E-state index is 0.324. The van der Waals surface area contributed by atoms with Crippen LogP contribution in [0.3, 0.4) is 0 Å². The monoisotopic (exact) mass is 180 g/mol. The van der Waals surface area contributed by atoms with Gasteiger partial charge in [-0.1, -0.05) is 0 Å². The van der Waals surface area contributed by atoms with Crippen molar-refractivity contribution in [1.29, 1.82) is 0 Å². The van der Waals surface area contributed by atoms with E-state index in [1.807, 2.05) is 4.68 Å². The van der Waals surface area contributed by atoms with E-state index < -0.39 is 0 Å². The molecule has 0 saturated heterocycles. The number of hydrogen-bond acceptors (Lipinski definition) is 2. The Hall–Kier alpha value is -0.830. The van der Waals surface area contributed by atoms with Crippen LogP contribution >= 0.6 is 0 Å². The summed E-state index contributed by atoms with van der Waals surface area (Å²) in [6, 6.07) is 0. The Morgan fingerprint density at radius 3 is 3.00 bits per heavy atom. The van der Waals surface area contributed by atoms with Crippen LogP contribution in [0.2, 0.25) is 0 Å². The highest BCUT2D eigenvalue weighted by molar-refractivity contribution is 5.29. The van der Waals surface area contributed by atoms with Crippen LogP contribution in [0, 0.1) is 6.92 Å². The van der Waals surface area contributed by atoms with Gasteiger partial charge < -0.3 is 5.11 Å². The maximum Gasteiger partial charge on any atom is 0.0981 e. The molecule has 72 valence electrons. The van der Waals surface area contributed by atoms with E-state index in [0.717, 1.165) is 31.5 Å². The quantitative estimate of drug-likeness (QED) is 0.712. The minimum atomic E-state index is -0.324. The largest absolute Gasteiger partial charge is 0.387 e. The van der Waals surface area contributed by atoms with Gasteiger partial charge in [0.25, 0.3) is 0 Å². The molecule has 1 aromatic rings. The molecule has 1 aliphatic rings. The lowest BCUT2D eigenvalue weighted by atomic mass is 9.94. The number of fused-ring (bicyclic) bond motifs is 1. The fourth-order valence-corrected chi connectivity index (χ4v) is 2.10. The van der Waals surface area contributed by atoms with Crippen molar-refractivity contribution < 1.29 is 5.11 Å². The van der Waals surface area contributed by atoms with Gasteiger partial charge in [-0.3, -0.25) is 4.68 Å². The summed E-state index contributed by atoms with van der Waals surface area (Å²) in [7, 11) is 0. The number of rotatable bonds is 1. The third kappa shape index (κ3) is 1.27. The smallest absolute Gasteiger partial charge is 0.0981 e. The molecule has 13 heavy (non-hydrogen) atoms. The van der Waals surface area contributed by atoms with Crippen molar-refractivity contribution in [2.75, 3.05) is 0 Å². The molecule has 3 nitrogen and oxygen atoms in total. The van der Waals surface area contributed by atoms with Gasteiger partial charge in [0.15, 0.2) is 0 Å². The second kappa shape index (κ2) is 3.14. The lowest BCUT2D eigenvalue weighted by molar-refractivity contribution is 0.151. The Morgan fingerprint density at radius 2 is 2.38 bits per heavy atom. The molecule has 1 aromatic heterocycles. The van der Waals surface area contributed by atoms with Crippen molar-refractivity contribution in [2.45, 2.75) is 45.8 Å². The van der Waals surface area contributed by atoms with E-state index in [0.29, 0.717) is 0 Å². The highest BCUT2D eigenvalue weighted by atomic mass is 16.3. The Kier molecular flexibility index (Phi) is 2.12. The van der Waals surface area contributed by atoms with Crippen LogP contribution in [-0.2, 0) is 13.0 Å².